The summed E-state index contributed by atoms with van der Waals surface area (Å²) in [6.07, 6.45) is 2.01. The number of aromatic amines is 1. The molecule has 1 saturated heterocycles. The quantitative estimate of drug-likeness (QED) is 0.821. The standard InChI is InChI=1S/C15H19BrN4O3/c1-15(2,3)23-14(22)19-5-4-10(8-19)20-11-6-9(16)7-17-12(11)18-13(20)21/h6-7,10H,4-5,8H2,1-3H3,(H,17,18,21)/t10-/m1/s1. The maximum absolute atomic E-state index is 12.3. The van der Waals surface area contributed by atoms with Crippen LogP contribution in [0.2, 0.25) is 0 Å². The van der Waals surface area contributed by atoms with Crippen molar-refractivity contribution in [3.63, 3.8) is 0 Å². The lowest BCUT2D eigenvalue weighted by Gasteiger charge is -2.24. The van der Waals surface area contributed by atoms with Gasteiger partial charge in [-0.1, -0.05) is 0 Å². The van der Waals surface area contributed by atoms with Crippen molar-refractivity contribution in [3.8, 4) is 0 Å². The lowest BCUT2D eigenvalue weighted by molar-refractivity contribution is 0.0289. The Morgan fingerprint density at radius 3 is 2.91 bits per heavy atom. The predicted molar refractivity (Wildman–Crippen MR) is 89.5 cm³/mol. The molecule has 1 aliphatic heterocycles. The highest BCUT2D eigenvalue weighted by Crippen LogP contribution is 2.26. The van der Waals surface area contributed by atoms with Crippen molar-refractivity contribution in [3.05, 3.63) is 27.2 Å². The SMILES string of the molecule is CC(C)(C)OC(=O)N1CC[C@@H](n2c(=O)[nH]c3ncc(Br)cc32)C1. The molecular formula is C15H19BrN4O3. The van der Waals surface area contributed by atoms with Gasteiger partial charge in [0.25, 0.3) is 0 Å². The second kappa shape index (κ2) is 5.67. The molecule has 0 spiro atoms. The number of likely N-dealkylation sites (tertiary alicyclic amines) is 1. The van der Waals surface area contributed by atoms with E-state index in [1.165, 1.54) is 0 Å². The first kappa shape index (κ1) is 16.0. The maximum atomic E-state index is 12.3. The van der Waals surface area contributed by atoms with Crippen molar-refractivity contribution in [1.82, 2.24) is 19.4 Å². The van der Waals surface area contributed by atoms with E-state index in [-0.39, 0.29) is 17.8 Å². The third-order valence-electron chi connectivity index (χ3n) is 3.72. The van der Waals surface area contributed by atoms with Crippen LogP contribution >= 0.6 is 15.9 Å². The maximum Gasteiger partial charge on any atom is 0.410 e. The molecule has 0 bridgehead atoms. The fraction of sp³-hybridized carbons (Fsp3) is 0.533. The Kier molecular flexibility index (Phi) is 3.95. The zero-order valence-corrected chi connectivity index (χ0v) is 14.9. The molecule has 0 saturated carbocycles. The Morgan fingerprint density at radius 1 is 1.48 bits per heavy atom. The summed E-state index contributed by atoms with van der Waals surface area (Å²) >= 11 is 3.38. The first-order valence-corrected chi connectivity index (χ1v) is 8.27. The van der Waals surface area contributed by atoms with E-state index in [1.807, 2.05) is 26.8 Å². The average Bonchev–Trinajstić information content (AvgIpc) is 3.00. The molecule has 1 N–H and O–H groups in total. The van der Waals surface area contributed by atoms with E-state index in [0.29, 0.717) is 25.2 Å². The first-order valence-electron chi connectivity index (χ1n) is 7.48. The summed E-state index contributed by atoms with van der Waals surface area (Å²) < 4.78 is 7.88. The Balaban J connectivity index is 1.85. The molecule has 1 aliphatic rings. The summed E-state index contributed by atoms with van der Waals surface area (Å²) in [6.45, 7) is 6.54. The summed E-state index contributed by atoms with van der Waals surface area (Å²) in [6, 6.07) is 1.77. The van der Waals surface area contributed by atoms with E-state index in [0.717, 1.165) is 9.99 Å². The lowest BCUT2D eigenvalue weighted by Crippen LogP contribution is -2.36. The first-order chi connectivity index (χ1) is 10.7. The summed E-state index contributed by atoms with van der Waals surface area (Å²) in [5.74, 6) is 0. The van der Waals surface area contributed by atoms with Crippen molar-refractivity contribution in [1.29, 1.82) is 0 Å². The number of carbonyl (C=O) groups excluding carboxylic acids is 1. The number of fused-ring (bicyclic) bond motifs is 1. The Hall–Kier alpha value is -1.83. The molecule has 2 aromatic rings. The molecule has 2 aromatic heterocycles. The van der Waals surface area contributed by atoms with Gasteiger partial charge in [0, 0.05) is 23.8 Å². The van der Waals surface area contributed by atoms with Gasteiger partial charge in [-0.15, -0.1) is 0 Å². The van der Waals surface area contributed by atoms with Crippen LogP contribution in [0.5, 0.6) is 0 Å². The summed E-state index contributed by atoms with van der Waals surface area (Å²) in [7, 11) is 0. The highest BCUT2D eigenvalue weighted by Gasteiger charge is 2.32. The van der Waals surface area contributed by atoms with Gasteiger partial charge in [0.05, 0.1) is 11.6 Å². The molecule has 1 fully saturated rings. The average molecular weight is 383 g/mol. The lowest BCUT2D eigenvalue weighted by atomic mass is 10.2. The van der Waals surface area contributed by atoms with Crippen LogP contribution in [0.1, 0.15) is 33.2 Å². The molecule has 0 unspecified atom stereocenters. The van der Waals surface area contributed by atoms with Gasteiger partial charge < -0.3 is 9.64 Å². The van der Waals surface area contributed by atoms with Crippen LogP contribution in [0.4, 0.5) is 4.79 Å². The van der Waals surface area contributed by atoms with E-state index in [4.69, 9.17) is 4.74 Å². The van der Waals surface area contributed by atoms with Crippen molar-refractivity contribution in [2.45, 2.75) is 38.8 Å². The van der Waals surface area contributed by atoms with E-state index >= 15 is 0 Å². The fourth-order valence-electron chi connectivity index (χ4n) is 2.79. The van der Waals surface area contributed by atoms with E-state index in [2.05, 4.69) is 25.9 Å². The highest BCUT2D eigenvalue weighted by atomic mass is 79.9. The molecule has 124 valence electrons. The van der Waals surface area contributed by atoms with Gasteiger partial charge in [-0.25, -0.2) is 14.6 Å². The van der Waals surface area contributed by atoms with Crippen LogP contribution in [0.3, 0.4) is 0 Å². The number of aromatic nitrogens is 3. The number of nitrogens with zero attached hydrogens (tertiary/aromatic N) is 3. The molecule has 1 amide bonds. The van der Waals surface area contributed by atoms with E-state index in [9.17, 15) is 9.59 Å². The monoisotopic (exact) mass is 382 g/mol. The van der Waals surface area contributed by atoms with Crippen molar-refractivity contribution >= 4 is 33.2 Å². The fourth-order valence-corrected chi connectivity index (χ4v) is 3.11. The molecule has 8 heteroatoms. The summed E-state index contributed by atoms with van der Waals surface area (Å²) in [4.78, 5) is 33.0. The molecule has 0 aliphatic carbocycles. The number of imidazole rings is 1. The van der Waals surface area contributed by atoms with Gasteiger partial charge in [0.15, 0.2) is 5.65 Å². The molecule has 1 atom stereocenters. The van der Waals surface area contributed by atoms with Crippen LogP contribution in [-0.4, -0.2) is 44.2 Å². The smallest absolute Gasteiger partial charge is 0.410 e. The molecule has 3 rings (SSSR count). The molecule has 3 heterocycles. The second-order valence-electron chi connectivity index (χ2n) is 6.69. The molecule has 0 radical (unpaired) electrons. The van der Waals surface area contributed by atoms with Gasteiger partial charge in [-0.2, -0.15) is 0 Å². The summed E-state index contributed by atoms with van der Waals surface area (Å²) in [5.41, 5.74) is 0.553. The minimum Gasteiger partial charge on any atom is -0.444 e. The number of nitrogens with one attached hydrogen (secondary N) is 1. The number of hydrogen-bond donors (Lipinski definition) is 1. The normalized spacial score (nSPS) is 18.6. The zero-order valence-electron chi connectivity index (χ0n) is 13.3. The second-order valence-corrected chi connectivity index (χ2v) is 7.61. The van der Waals surface area contributed by atoms with Crippen molar-refractivity contribution < 1.29 is 9.53 Å². The van der Waals surface area contributed by atoms with Crippen LogP contribution in [0.25, 0.3) is 11.2 Å². The van der Waals surface area contributed by atoms with Crippen LogP contribution in [0.15, 0.2) is 21.5 Å². The Morgan fingerprint density at radius 2 is 2.22 bits per heavy atom. The van der Waals surface area contributed by atoms with E-state index in [1.54, 1.807) is 15.7 Å². The number of pyridine rings is 1. The topological polar surface area (TPSA) is 80.2 Å². The number of carbonyl (C=O) groups is 1. The van der Waals surface area contributed by atoms with Gasteiger partial charge in [-0.05, 0) is 49.2 Å². The van der Waals surface area contributed by atoms with Crippen LogP contribution in [-0.2, 0) is 4.74 Å². The van der Waals surface area contributed by atoms with Gasteiger partial charge in [0.2, 0.25) is 0 Å². The number of ether oxygens (including phenoxy) is 1. The van der Waals surface area contributed by atoms with Gasteiger partial charge >= 0.3 is 11.8 Å². The van der Waals surface area contributed by atoms with E-state index < -0.39 is 5.60 Å². The van der Waals surface area contributed by atoms with Crippen molar-refractivity contribution in [2.75, 3.05) is 13.1 Å². The highest BCUT2D eigenvalue weighted by molar-refractivity contribution is 9.10. The number of halogens is 1. The summed E-state index contributed by atoms with van der Waals surface area (Å²) in [5, 5.41) is 0. The van der Waals surface area contributed by atoms with Crippen molar-refractivity contribution in [2.24, 2.45) is 0 Å². The third kappa shape index (κ3) is 3.26. The van der Waals surface area contributed by atoms with Crippen LogP contribution < -0.4 is 5.69 Å². The third-order valence-corrected chi connectivity index (χ3v) is 4.15. The molecule has 0 aromatic carbocycles. The Labute approximate surface area is 141 Å². The largest absolute Gasteiger partial charge is 0.444 e. The number of H-pyrrole nitrogens is 1. The predicted octanol–water partition coefficient (Wildman–Crippen LogP) is 2.67. The molecular weight excluding hydrogens is 364 g/mol. The zero-order chi connectivity index (χ0) is 16.8. The number of amides is 1. The minimum absolute atomic E-state index is 0.0835. The Bertz CT molecular complexity index is 805. The molecule has 23 heavy (non-hydrogen) atoms. The number of hydrogen-bond acceptors (Lipinski definition) is 4. The van der Waals surface area contributed by atoms with Gasteiger partial charge in [-0.3, -0.25) is 9.55 Å². The minimum atomic E-state index is -0.526. The van der Waals surface area contributed by atoms with Gasteiger partial charge in [0.1, 0.15) is 5.60 Å². The number of rotatable bonds is 1. The molecule has 7 nitrogen and oxygen atoms in total. The van der Waals surface area contributed by atoms with Crippen LogP contribution in [0, 0.1) is 0 Å².